The maximum Gasteiger partial charge on any atom is 0.279 e. The van der Waals surface area contributed by atoms with Gasteiger partial charge in [0.15, 0.2) is 0 Å². The smallest absolute Gasteiger partial charge is 0.279 e. The van der Waals surface area contributed by atoms with Crippen molar-refractivity contribution in [3.05, 3.63) is 22.4 Å². The Labute approximate surface area is 118 Å². The lowest BCUT2D eigenvalue weighted by Gasteiger charge is -2.29. The highest BCUT2D eigenvalue weighted by Gasteiger charge is 2.26. The summed E-state index contributed by atoms with van der Waals surface area (Å²) >= 11 is 1.48. The molecule has 7 heteroatoms. The zero-order valence-corrected chi connectivity index (χ0v) is 12.6. The van der Waals surface area contributed by atoms with Crippen LogP contribution in [0.1, 0.15) is 31.4 Å². The Morgan fingerprint density at radius 2 is 2.21 bits per heavy atom. The third-order valence-corrected chi connectivity index (χ3v) is 5.75. The topological polar surface area (TPSA) is 69.6 Å². The van der Waals surface area contributed by atoms with Crippen molar-refractivity contribution in [2.24, 2.45) is 5.92 Å². The fourth-order valence-corrected chi connectivity index (χ4v) is 4.03. The molecule has 0 saturated carbocycles. The summed E-state index contributed by atoms with van der Waals surface area (Å²) < 4.78 is 28.1. The number of hydrogen-bond acceptors (Lipinski definition) is 4. The van der Waals surface area contributed by atoms with Crippen molar-refractivity contribution >= 4 is 21.5 Å². The van der Waals surface area contributed by atoms with Crippen LogP contribution in [-0.2, 0) is 10.2 Å². The van der Waals surface area contributed by atoms with E-state index >= 15 is 0 Å². The maximum atomic E-state index is 12.1. The number of nitrogens with one attached hydrogen (secondary N) is 1. The second-order valence-electron chi connectivity index (χ2n) is 5.01. The summed E-state index contributed by atoms with van der Waals surface area (Å²) in [4.78, 5) is 0. The van der Waals surface area contributed by atoms with Gasteiger partial charge in [0.1, 0.15) is 0 Å². The van der Waals surface area contributed by atoms with Crippen molar-refractivity contribution < 1.29 is 13.5 Å². The van der Waals surface area contributed by atoms with Crippen LogP contribution in [0.25, 0.3) is 0 Å². The molecule has 2 heterocycles. The normalized spacial score (nSPS) is 20.5. The van der Waals surface area contributed by atoms with Crippen LogP contribution in [0, 0.1) is 5.92 Å². The first-order valence-corrected chi connectivity index (χ1v) is 8.82. The first-order valence-electron chi connectivity index (χ1n) is 6.44. The Morgan fingerprint density at radius 3 is 2.79 bits per heavy atom. The second-order valence-corrected chi connectivity index (χ2v) is 7.54. The molecule has 1 aromatic heterocycles. The Bertz CT molecular complexity index is 479. The lowest BCUT2D eigenvalue weighted by atomic mass is 10.0. The van der Waals surface area contributed by atoms with E-state index in [0.29, 0.717) is 19.0 Å². The Kier molecular flexibility index (Phi) is 4.97. The van der Waals surface area contributed by atoms with E-state index in [1.807, 2.05) is 10.8 Å². The quantitative estimate of drug-likeness (QED) is 0.862. The van der Waals surface area contributed by atoms with Gasteiger partial charge in [-0.1, -0.05) is 6.92 Å². The summed E-state index contributed by atoms with van der Waals surface area (Å²) in [5.74, 6) is 0.586. The van der Waals surface area contributed by atoms with Crippen molar-refractivity contribution in [3.8, 4) is 0 Å². The van der Waals surface area contributed by atoms with Crippen molar-refractivity contribution in [1.82, 2.24) is 9.03 Å². The number of rotatable bonds is 5. The molecule has 5 nitrogen and oxygen atoms in total. The Morgan fingerprint density at radius 1 is 1.53 bits per heavy atom. The molecule has 1 fully saturated rings. The minimum Gasteiger partial charge on any atom is -0.387 e. The SMILES string of the molecule is CC1CCN(S(=O)(=O)NCC(O)c2ccsc2)CC1. The van der Waals surface area contributed by atoms with Gasteiger partial charge in [0.05, 0.1) is 6.10 Å². The summed E-state index contributed by atoms with van der Waals surface area (Å²) in [6.07, 6.45) is 1.01. The molecule has 1 aliphatic heterocycles. The van der Waals surface area contributed by atoms with Crippen LogP contribution in [0.5, 0.6) is 0 Å². The second kappa shape index (κ2) is 6.32. The van der Waals surface area contributed by atoms with Crippen LogP contribution < -0.4 is 4.72 Å². The van der Waals surface area contributed by atoms with Crippen LogP contribution >= 0.6 is 11.3 Å². The molecule has 0 spiro atoms. The molecular weight excluding hydrogens is 284 g/mol. The van der Waals surface area contributed by atoms with Crippen LogP contribution in [-0.4, -0.2) is 37.5 Å². The van der Waals surface area contributed by atoms with Crippen molar-refractivity contribution in [3.63, 3.8) is 0 Å². The summed E-state index contributed by atoms with van der Waals surface area (Å²) in [6, 6.07) is 1.80. The van der Waals surface area contributed by atoms with Gasteiger partial charge in [0.25, 0.3) is 10.2 Å². The van der Waals surface area contributed by atoms with Crippen LogP contribution in [0.4, 0.5) is 0 Å². The van der Waals surface area contributed by atoms with E-state index in [1.54, 1.807) is 6.07 Å². The molecule has 1 aliphatic rings. The third-order valence-electron chi connectivity index (χ3n) is 3.47. The summed E-state index contributed by atoms with van der Waals surface area (Å²) in [6.45, 7) is 3.28. The van der Waals surface area contributed by atoms with E-state index < -0.39 is 16.3 Å². The molecule has 2 rings (SSSR count). The first-order chi connectivity index (χ1) is 8.99. The van der Waals surface area contributed by atoms with Crippen LogP contribution in [0.2, 0.25) is 0 Å². The molecule has 108 valence electrons. The highest BCUT2D eigenvalue weighted by atomic mass is 32.2. The fraction of sp³-hybridized carbons (Fsp3) is 0.667. The van der Waals surface area contributed by atoms with E-state index in [2.05, 4.69) is 11.6 Å². The predicted molar refractivity (Wildman–Crippen MR) is 76.2 cm³/mol. The van der Waals surface area contributed by atoms with Gasteiger partial charge in [0, 0.05) is 19.6 Å². The lowest BCUT2D eigenvalue weighted by Crippen LogP contribution is -2.45. The molecule has 1 saturated heterocycles. The molecule has 1 atom stereocenters. The van der Waals surface area contributed by atoms with Gasteiger partial charge in [-0.3, -0.25) is 0 Å². The minimum absolute atomic E-state index is 0.0190. The molecular formula is C12H20N2O3S2. The number of piperidine rings is 1. The summed E-state index contributed by atoms with van der Waals surface area (Å²) in [5.41, 5.74) is 0.750. The monoisotopic (exact) mass is 304 g/mol. The molecule has 1 unspecified atom stereocenters. The van der Waals surface area contributed by atoms with Crippen molar-refractivity contribution in [2.45, 2.75) is 25.9 Å². The van der Waals surface area contributed by atoms with Crippen LogP contribution in [0.15, 0.2) is 16.8 Å². The number of nitrogens with zero attached hydrogens (tertiary/aromatic N) is 1. The molecule has 0 aromatic carbocycles. The van der Waals surface area contributed by atoms with Gasteiger partial charge in [-0.2, -0.15) is 28.8 Å². The Hall–Kier alpha value is -0.470. The van der Waals surface area contributed by atoms with Crippen LogP contribution in [0.3, 0.4) is 0 Å². The fourth-order valence-electron chi connectivity index (χ4n) is 2.08. The molecule has 0 bridgehead atoms. The van der Waals surface area contributed by atoms with E-state index in [9.17, 15) is 13.5 Å². The number of aliphatic hydroxyl groups excluding tert-OH is 1. The van der Waals surface area contributed by atoms with Gasteiger partial charge in [-0.15, -0.1) is 0 Å². The van der Waals surface area contributed by atoms with Gasteiger partial charge >= 0.3 is 0 Å². The first kappa shape index (κ1) is 14.9. The lowest BCUT2D eigenvalue weighted by molar-refractivity contribution is 0.181. The predicted octanol–water partition coefficient (Wildman–Crippen LogP) is 1.35. The number of thiophene rings is 1. The standard InChI is InChI=1S/C12H20N2O3S2/c1-10-2-5-14(6-3-10)19(16,17)13-8-12(15)11-4-7-18-9-11/h4,7,9-10,12-13,15H,2-3,5-6,8H2,1H3. The van der Waals surface area contributed by atoms with E-state index in [1.165, 1.54) is 15.6 Å². The van der Waals surface area contributed by atoms with E-state index in [4.69, 9.17) is 0 Å². The van der Waals surface area contributed by atoms with Crippen molar-refractivity contribution in [2.75, 3.05) is 19.6 Å². The minimum atomic E-state index is -3.47. The van der Waals surface area contributed by atoms with Crippen molar-refractivity contribution in [1.29, 1.82) is 0 Å². The highest BCUT2D eigenvalue weighted by Crippen LogP contribution is 2.19. The molecule has 1 aromatic rings. The molecule has 0 radical (unpaired) electrons. The average Bonchev–Trinajstić information content (AvgIpc) is 2.90. The maximum absolute atomic E-state index is 12.1. The average molecular weight is 304 g/mol. The number of aliphatic hydroxyl groups is 1. The largest absolute Gasteiger partial charge is 0.387 e. The molecule has 0 aliphatic carbocycles. The van der Waals surface area contributed by atoms with Gasteiger partial charge in [-0.25, -0.2) is 0 Å². The highest BCUT2D eigenvalue weighted by molar-refractivity contribution is 7.87. The molecule has 19 heavy (non-hydrogen) atoms. The van der Waals surface area contributed by atoms with Gasteiger partial charge < -0.3 is 5.11 Å². The molecule has 2 N–H and O–H groups in total. The number of hydrogen-bond donors (Lipinski definition) is 2. The zero-order chi connectivity index (χ0) is 13.9. The van der Waals surface area contributed by atoms with E-state index in [-0.39, 0.29) is 6.54 Å². The van der Waals surface area contributed by atoms with Gasteiger partial charge in [0.2, 0.25) is 0 Å². The third kappa shape index (κ3) is 4.00. The zero-order valence-electron chi connectivity index (χ0n) is 10.9. The molecule has 0 amide bonds. The van der Waals surface area contributed by atoms with E-state index in [0.717, 1.165) is 18.4 Å². The summed E-state index contributed by atoms with van der Waals surface area (Å²) in [5, 5.41) is 13.6. The Balaban J connectivity index is 1.87. The van der Waals surface area contributed by atoms with Gasteiger partial charge in [-0.05, 0) is 41.1 Å². The summed E-state index contributed by atoms with van der Waals surface area (Å²) in [7, 11) is -3.47.